The molecular formula is C17H30N4. The maximum Gasteiger partial charge on any atom is 0.155 e. The first kappa shape index (κ1) is 15.9. The van der Waals surface area contributed by atoms with E-state index < -0.39 is 0 Å². The highest BCUT2D eigenvalue weighted by molar-refractivity contribution is 5.56. The van der Waals surface area contributed by atoms with Crippen LogP contribution in [0.2, 0.25) is 0 Å². The summed E-state index contributed by atoms with van der Waals surface area (Å²) >= 11 is 0. The molecule has 1 saturated carbocycles. The van der Waals surface area contributed by atoms with Crippen molar-refractivity contribution in [2.24, 2.45) is 22.6 Å². The van der Waals surface area contributed by atoms with Crippen LogP contribution < -0.4 is 11.1 Å². The topological polar surface area (TPSA) is 53.6 Å². The van der Waals surface area contributed by atoms with Gasteiger partial charge in [0.2, 0.25) is 0 Å². The fraction of sp³-hybridized carbons (Fsp3) is 0.706. The predicted molar refractivity (Wildman–Crippen MR) is 89.6 cm³/mol. The van der Waals surface area contributed by atoms with Crippen LogP contribution in [0.1, 0.15) is 52.9 Å². The molecule has 0 bridgehead atoms. The van der Waals surface area contributed by atoms with Gasteiger partial charge in [0.05, 0.1) is 12.4 Å². The largest absolute Gasteiger partial charge is 0.397 e. The predicted octanol–water partition coefficient (Wildman–Crippen LogP) is 3.19. The summed E-state index contributed by atoms with van der Waals surface area (Å²) in [7, 11) is 0. The van der Waals surface area contributed by atoms with Crippen molar-refractivity contribution in [3.63, 3.8) is 0 Å². The molecule has 1 heterocycles. The molecule has 3 atom stereocenters. The summed E-state index contributed by atoms with van der Waals surface area (Å²) in [4.78, 5) is 6.94. The van der Waals surface area contributed by atoms with Gasteiger partial charge in [0.25, 0.3) is 0 Å². The van der Waals surface area contributed by atoms with Gasteiger partial charge in [0, 0.05) is 12.3 Å². The number of unbranched alkanes of at least 4 members (excludes halogenated alkanes) is 1. The third-order valence-corrected chi connectivity index (χ3v) is 4.80. The van der Waals surface area contributed by atoms with Crippen LogP contribution in [-0.2, 0) is 0 Å². The van der Waals surface area contributed by atoms with E-state index in [1.54, 1.807) is 0 Å². The van der Waals surface area contributed by atoms with E-state index in [9.17, 15) is 0 Å². The Bertz CT molecular complexity index is 438. The molecule has 0 saturated heterocycles. The van der Waals surface area contributed by atoms with E-state index in [1.165, 1.54) is 32.1 Å². The van der Waals surface area contributed by atoms with Gasteiger partial charge in [0.1, 0.15) is 5.70 Å². The van der Waals surface area contributed by atoms with E-state index >= 15 is 0 Å². The Morgan fingerprint density at radius 3 is 2.90 bits per heavy atom. The molecule has 0 aromatic rings. The van der Waals surface area contributed by atoms with Crippen molar-refractivity contribution < 1.29 is 0 Å². The number of hydrogen-bond donors (Lipinski definition) is 2. The van der Waals surface area contributed by atoms with E-state index in [4.69, 9.17) is 5.73 Å². The highest BCUT2D eigenvalue weighted by Crippen LogP contribution is 2.39. The van der Waals surface area contributed by atoms with Gasteiger partial charge in [-0.2, -0.15) is 0 Å². The molecule has 2 aliphatic rings. The fourth-order valence-electron chi connectivity index (χ4n) is 3.77. The van der Waals surface area contributed by atoms with Crippen LogP contribution in [0.4, 0.5) is 0 Å². The van der Waals surface area contributed by atoms with E-state index in [-0.39, 0.29) is 0 Å². The number of nitrogens with zero attached hydrogens (tertiary/aromatic N) is 2. The summed E-state index contributed by atoms with van der Waals surface area (Å²) < 4.78 is 0. The van der Waals surface area contributed by atoms with Gasteiger partial charge in [-0.15, -0.1) is 0 Å². The van der Waals surface area contributed by atoms with Gasteiger partial charge in [-0.25, -0.2) is 4.99 Å². The first-order chi connectivity index (χ1) is 10.1. The van der Waals surface area contributed by atoms with Crippen molar-refractivity contribution in [3.8, 4) is 0 Å². The highest BCUT2D eigenvalue weighted by atomic mass is 15.4. The van der Waals surface area contributed by atoms with Gasteiger partial charge in [-0.05, 0) is 31.6 Å². The van der Waals surface area contributed by atoms with Crippen LogP contribution in [0.5, 0.6) is 0 Å². The Labute approximate surface area is 129 Å². The maximum atomic E-state index is 5.89. The SMILES string of the molecule is C=C(N)C1=C(/N=C\C)N(C2CC(CCCC)CC2C)CN1. The minimum absolute atomic E-state index is 0.565. The lowest BCUT2D eigenvalue weighted by Gasteiger charge is -2.29. The lowest BCUT2D eigenvalue weighted by molar-refractivity contribution is 0.222. The highest BCUT2D eigenvalue weighted by Gasteiger charge is 2.38. The zero-order valence-corrected chi connectivity index (χ0v) is 13.7. The van der Waals surface area contributed by atoms with Gasteiger partial charge < -0.3 is 16.0 Å². The molecule has 0 aromatic carbocycles. The van der Waals surface area contributed by atoms with E-state index in [0.29, 0.717) is 17.7 Å². The molecule has 0 aromatic heterocycles. The molecule has 1 aliphatic heterocycles. The second kappa shape index (κ2) is 7.01. The number of nitrogens with two attached hydrogens (primary N) is 1. The van der Waals surface area contributed by atoms with Crippen LogP contribution in [0, 0.1) is 11.8 Å². The average molecular weight is 290 g/mol. The molecule has 1 fully saturated rings. The molecule has 118 valence electrons. The van der Waals surface area contributed by atoms with Crippen molar-refractivity contribution in [1.82, 2.24) is 10.2 Å². The third kappa shape index (κ3) is 3.42. The lowest BCUT2D eigenvalue weighted by atomic mass is 10.00. The number of aliphatic imine (C=N–C) groups is 1. The van der Waals surface area contributed by atoms with Crippen molar-refractivity contribution >= 4 is 6.21 Å². The number of hydrogen-bond acceptors (Lipinski definition) is 4. The van der Waals surface area contributed by atoms with Gasteiger partial charge >= 0.3 is 0 Å². The average Bonchev–Trinajstić information content (AvgIpc) is 3.00. The van der Waals surface area contributed by atoms with Gasteiger partial charge in [-0.3, -0.25) is 0 Å². The first-order valence-corrected chi connectivity index (χ1v) is 8.26. The van der Waals surface area contributed by atoms with Crippen molar-refractivity contribution in [2.45, 2.75) is 58.9 Å². The Morgan fingerprint density at radius 2 is 2.29 bits per heavy atom. The summed E-state index contributed by atoms with van der Waals surface area (Å²) in [6, 6.07) is 0.565. The number of rotatable bonds is 6. The summed E-state index contributed by atoms with van der Waals surface area (Å²) in [6.07, 6.45) is 8.46. The molecule has 4 nitrogen and oxygen atoms in total. The monoisotopic (exact) mass is 290 g/mol. The minimum atomic E-state index is 0.565. The first-order valence-electron chi connectivity index (χ1n) is 8.26. The second-order valence-corrected chi connectivity index (χ2v) is 6.44. The molecule has 3 N–H and O–H groups in total. The number of nitrogens with one attached hydrogen (secondary N) is 1. The zero-order chi connectivity index (χ0) is 15.4. The molecule has 21 heavy (non-hydrogen) atoms. The zero-order valence-electron chi connectivity index (χ0n) is 13.7. The van der Waals surface area contributed by atoms with Gasteiger partial charge in [0.15, 0.2) is 5.82 Å². The summed E-state index contributed by atoms with van der Waals surface area (Å²) in [5, 5.41) is 3.36. The normalized spacial score (nSPS) is 29.5. The standard InChI is InChI=1S/C17H30N4/c1-5-7-8-14-9-12(3)15(10-14)21-11-20-16(13(4)18)17(21)19-6-2/h6,12,14-15,20H,4-5,7-11,18H2,1-3H3/b19-6-. The molecule has 1 aliphatic carbocycles. The molecule has 4 heteroatoms. The lowest BCUT2D eigenvalue weighted by Crippen LogP contribution is -2.36. The Kier molecular flexibility index (Phi) is 5.32. The molecule has 3 unspecified atom stereocenters. The molecule has 0 radical (unpaired) electrons. The maximum absolute atomic E-state index is 5.89. The summed E-state index contributed by atoms with van der Waals surface area (Å²) in [5.41, 5.74) is 7.37. The smallest absolute Gasteiger partial charge is 0.155 e. The molecule has 2 rings (SSSR count). The molecular weight excluding hydrogens is 260 g/mol. The van der Waals surface area contributed by atoms with Crippen LogP contribution >= 0.6 is 0 Å². The quantitative estimate of drug-likeness (QED) is 0.739. The Balaban J connectivity index is 2.12. The Hall–Kier alpha value is -1.45. The van der Waals surface area contributed by atoms with Gasteiger partial charge in [-0.1, -0.05) is 39.7 Å². The Morgan fingerprint density at radius 1 is 1.52 bits per heavy atom. The fourth-order valence-corrected chi connectivity index (χ4v) is 3.77. The third-order valence-electron chi connectivity index (χ3n) is 4.80. The van der Waals surface area contributed by atoms with Crippen molar-refractivity contribution in [3.05, 3.63) is 23.8 Å². The van der Waals surface area contributed by atoms with E-state index in [0.717, 1.165) is 24.1 Å². The summed E-state index contributed by atoms with van der Waals surface area (Å²) in [6.45, 7) is 11.3. The van der Waals surface area contributed by atoms with Crippen LogP contribution in [0.3, 0.4) is 0 Å². The molecule has 0 amide bonds. The van der Waals surface area contributed by atoms with Crippen molar-refractivity contribution in [2.75, 3.05) is 6.67 Å². The van der Waals surface area contributed by atoms with Crippen LogP contribution in [0.25, 0.3) is 0 Å². The van der Waals surface area contributed by atoms with Crippen LogP contribution in [0.15, 0.2) is 28.8 Å². The van der Waals surface area contributed by atoms with Crippen LogP contribution in [-0.4, -0.2) is 23.8 Å². The summed E-state index contributed by atoms with van der Waals surface area (Å²) in [5.74, 6) is 2.54. The van der Waals surface area contributed by atoms with E-state index in [2.05, 4.69) is 35.6 Å². The van der Waals surface area contributed by atoms with E-state index in [1.807, 2.05) is 13.1 Å². The minimum Gasteiger partial charge on any atom is -0.397 e. The second-order valence-electron chi connectivity index (χ2n) is 6.44. The van der Waals surface area contributed by atoms with Crippen molar-refractivity contribution in [1.29, 1.82) is 0 Å². The molecule has 0 spiro atoms.